The molecule has 0 spiro atoms. The second-order valence-electron chi connectivity index (χ2n) is 7.06. The summed E-state index contributed by atoms with van der Waals surface area (Å²) in [6.07, 6.45) is -0.573. The van der Waals surface area contributed by atoms with Crippen molar-refractivity contribution in [1.82, 2.24) is 15.0 Å². The predicted octanol–water partition coefficient (Wildman–Crippen LogP) is 3.22. The largest absolute Gasteiger partial charge is 0.444 e. The molecular weight excluding hydrogens is 356 g/mol. The average molecular weight is 381 g/mol. The number of nitrogens with one attached hydrogen (secondary N) is 1. The predicted molar refractivity (Wildman–Crippen MR) is 103 cm³/mol. The number of benzene rings is 1. The van der Waals surface area contributed by atoms with Crippen LogP contribution in [-0.2, 0) is 4.74 Å². The molecule has 0 unspecified atom stereocenters. The van der Waals surface area contributed by atoms with Crippen LogP contribution in [0.15, 0.2) is 23.0 Å². The Kier molecular flexibility index (Phi) is 5.81. The lowest BCUT2D eigenvalue weighted by Gasteiger charge is -2.27. The van der Waals surface area contributed by atoms with Gasteiger partial charge in [-0.2, -0.15) is 0 Å². The quantitative estimate of drug-likeness (QED) is 0.881. The molecule has 2 aromatic rings. The summed E-state index contributed by atoms with van der Waals surface area (Å²) in [5, 5.41) is 5.15. The Morgan fingerprint density at radius 3 is 2.65 bits per heavy atom. The monoisotopic (exact) mass is 380 g/mol. The number of alkyl carbamates (subject to hydrolysis) is 1. The molecule has 1 heterocycles. The summed E-state index contributed by atoms with van der Waals surface area (Å²) < 4.78 is 6.73. The maximum absolute atomic E-state index is 13.0. The lowest BCUT2D eigenvalue weighted by molar-refractivity contribution is 0.0504. The number of carbonyl (C=O) groups excluding carboxylic acids is 1. The number of fused-ring (bicyclic) bond motifs is 1. The summed E-state index contributed by atoms with van der Waals surface area (Å²) in [6.45, 7) is 9.60. The fraction of sp³-hybridized carbons (Fsp3) is 0.500. The van der Waals surface area contributed by atoms with Gasteiger partial charge in [-0.3, -0.25) is 4.79 Å². The first-order valence-corrected chi connectivity index (χ1v) is 8.85. The standard InChI is InChI=1S/C18H25ClN4O3/c1-7-22(6)23-15(11(2)20-17(25)26-18(3,4)5)21-13-10-8-9-12(19)14(13)16(23)24/h8-11H,7H2,1-6H3,(H,20,25)/t11-/m0/s1. The Balaban J connectivity index is 2.54. The molecule has 0 fully saturated rings. The molecule has 0 saturated heterocycles. The number of carbonyl (C=O) groups is 1. The van der Waals surface area contributed by atoms with Crippen molar-refractivity contribution in [3.05, 3.63) is 39.4 Å². The number of ether oxygens (including phenoxy) is 1. The molecule has 0 aliphatic carbocycles. The molecule has 142 valence electrons. The van der Waals surface area contributed by atoms with Gasteiger partial charge in [-0.05, 0) is 46.8 Å². The number of hydrogen-bond acceptors (Lipinski definition) is 5. The molecule has 0 aliphatic rings. The Morgan fingerprint density at radius 1 is 1.42 bits per heavy atom. The molecule has 0 saturated carbocycles. The van der Waals surface area contributed by atoms with E-state index in [0.717, 1.165) is 0 Å². The summed E-state index contributed by atoms with van der Waals surface area (Å²) in [5.41, 5.74) is -0.414. The van der Waals surface area contributed by atoms with Gasteiger partial charge in [0.1, 0.15) is 5.60 Å². The minimum absolute atomic E-state index is 0.280. The van der Waals surface area contributed by atoms with Crippen LogP contribution in [0.3, 0.4) is 0 Å². The second-order valence-corrected chi connectivity index (χ2v) is 7.47. The van der Waals surface area contributed by atoms with Gasteiger partial charge in [-0.1, -0.05) is 17.7 Å². The highest BCUT2D eigenvalue weighted by Crippen LogP contribution is 2.21. The van der Waals surface area contributed by atoms with E-state index >= 15 is 0 Å². The molecule has 26 heavy (non-hydrogen) atoms. The van der Waals surface area contributed by atoms with Crippen molar-refractivity contribution in [2.75, 3.05) is 18.6 Å². The van der Waals surface area contributed by atoms with Crippen LogP contribution >= 0.6 is 11.6 Å². The topological polar surface area (TPSA) is 76.5 Å². The first-order chi connectivity index (χ1) is 12.0. The molecule has 1 aromatic carbocycles. The molecule has 1 aromatic heterocycles. The third-order valence-corrected chi connectivity index (χ3v) is 4.08. The molecule has 0 bridgehead atoms. The van der Waals surface area contributed by atoms with Crippen molar-refractivity contribution < 1.29 is 9.53 Å². The van der Waals surface area contributed by atoms with Crippen molar-refractivity contribution in [2.45, 2.75) is 46.3 Å². The molecule has 0 aliphatic heterocycles. The van der Waals surface area contributed by atoms with Crippen molar-refractivity contribution >= 4 is 28.6 Å². The summed E-state index contributed by atoms with van der Waals surface area (Å²) in [5.74, 6) is 0.403. The first kappa shape index (κ1) is 20.0. The lowest BCUT2D eigenvalue weighted by Crippen LogP contribution is -2.44. The first-order valence-electron chi connectivity index (χ1n) is 8.47. The zero-order chi connectivity index (χ0) is 19.6. The van der Waals surface area contributed by atoms with Crippen molar-refractivity contribution in [1.29, 1.82) is 0 Å². The van der Waals surface area contributed by atoms with Gasteiger partial charge in [0.05, 0.1) is 22.0 Å². The van der Waals surface area contributed by atoms with Crippen LogP contribution in [0.1, 0.15) is 46.5 Å². The number of aromatic nitrogens is 2. The van der Waals surface area contributed by atoms with E-state index in [9.17, 15) is 9.59 Å². The summed E-state index contributed by atoms with van der Waals surface area (Å²) in [7, 11) is 1.77. The zero-order valence-corrected chi connectivity index (χ0v) is 16.7. The van der Waals surface area contributed by atoms with E-state index in [1.54, 1.807) is 58.0 Å². The Bertz CT molecular complexity index is 873. The smallest absolute Gasteiger partial charge is 0.408 e. The van der Waals surface area contributed by atoms with Gasteiger partial charge >= 0.3 is 6.09 Å². The number of nitrogens with zero attached hydrogens (tertiary/aromatic N) is 3. The van der Waals surface area contributed by atoms with Gasteiger partial charge < -0.3 is 15.1 Å². The second kappa shape index (κ2) is 7.53. The van der Waals surface area contributed by atoms with E-state index in [4.69, 9.17) is 16.3 Å². The third kappa shape index (κ3) is 4.27. The lowest BCUT2D eigenvalue weighted by atomic mass is 10.2. The van der Waals surface area contributed by atoms with Gasteiger partial charge in [0.2, 0.25) is 0 Å². The highest BCUT2D eigenvalue weighted by Gasteiger charge is 2.23. The number of rotatable bonds is 4. The highest BCUT2D eigenvalue weighted by atomic mass is 35.5. The minimum Gasteiger partial charge on any atom is -0.444 e. The van der Waals surface area contributed by atoms with Crippen LogP contribution in [0.4, 0.5) is 4.79 Å². The van der Waals surface area contributed by atoms with Crippen LogP contribution in [0.2, 0.25) is 5.02 Å². The van der Waals surface area contributed by atoms with Crippen LogP contribution in [0.25, 0.3) is 10.9 Å². The van der Waals surface area contributed by atoms with Gasteiger partial charge in [0, 0.05) is 13.6 Å². The van der Waals surface area contributed by atoms with Gasteiger partial charge in [0.15, 0.2) is 5.82 Å². The fourth-order valence-corrected chi connectivity index (χ4v) is 2.75. The van der Waals surface area contributed by atoms with Crippen molar-refractivity contribution in [2.24, 2.45) is 0 Å². The van der Waals surface area contributed by atoms with Gasteiger partial charge in [-0.15, -0.1) is 0 Å². The molecule has 1 amide bonds. The Labute approximate surface area is 157 Å². The minimum atomic E-state index is -0.617. The maximum atomic E-state index is 13.0. The van der Waals surface area contributed by atoms with E-state index in [0.29, 0.717) is 28.3 Å². The molecule has 1 atom stereocenters. The van der Waals surface area contributed by atoms with E-state index in [1.807, 2.05) is 6.92 Å². The third-order valence-electron chi connectivity index (χ3n) is 3.77. The normalized spacial score (nSPS) is 12.7. The van der Waals surface area contributed by atoms with E-state index in [2.05, 4.69) is 10.3 Å². The van der Waals surface area contributed by atoms with Crippen LogP contribution < -0.4 is 15.9 Å². The van der Waals surface area contributed by atoms with Crippen LogP contribution in [-0.4, -0.2) is 34.9 Å². The zero-order valence-electron chi connectivity index (χ0n) is 16.0. The highest BCUT2D eigenvalue weighted by molar-refractivity contribution is 6.35. The van der Waals surface area contributed by atoms with Crippen LogP contribution in [0.5, 0.6) is 0 Å². The summed E-state index contributed by atoms with van der Waals surface area (Å²) >= 11 is 6.21. The Hall–Kier alpha value is -2.28. The average Bonchev–Trinajstić information content (AvgIpc) is 2.51. The van der Waals surface area contributed by atoms with Crippen molar-refractivity contribution in [3.8, 4) is 0 Å². The summed E-state index contributed by atoms with van der Waals surface area (Å²) in [4.78, 5) is 29.7. The number of amides is 1. The molecule has 1 N–H and O–H groups in total. The van der Waals surface area contributed by atoms with Crippen molar-refractivity contribution in [3.63, 3.8) is 0 Å². The molecule has 8 heteroatoms. The molecular formula is C18H25ClN4O3. The summed E-state index contributed by atoms with van der Waals surface area (Å²) in [6, 6.07) is 4.57. The molecule has 7 nitrogen and oxygen atoms in total. The van der Waals surface area contributed by atoms with Gasteiger partial charge in [0.25, 0.3) is 5.56 Å². The van der Waals surface area contributed by atoms with E-state index in [-0.39, 0.29) is 5.56 Å². The molecule has 2 rings (SSSR count). The number of hydrogen-bond donors (Lipinski definition) is 1. The Morgan fingerprint density at radius 2 is 2.08 bits per heavy atom. The van der Waals surface area contributed by atoms with Crippen LogP contribution in [0, 0.1) is 0 Å². The van der Waals surface area contributed by atoms with Gasteiger partial charge in [-0.25, -0.2) is 14.5 Å². The maximum Gasteiger partial charge on any atom is 0.408 e. The molecule has 0 radical (unpaired) electrons. The number of halogens is 1. The van der Waals surface area contributed by atoms with E-state index < -0.39 is 17.7 Å². The fourth-order valence-electron chi connectivity index (χ4n) is 2.50. The SMILES string of the molecule is CCN(C)n1c([C@H](C)NC(=O)OC(C)(C)C)nc2cccc(Cl)c2c1=O. The van der Waals surface area contributed by atoms with E-state index in [1.165, 1.54) is 4.68 Å².